The minimum atomic E-state index is -0.0793. The predicted octanol–water partition coefficient (Wildman–Crippen LogP) is 3.57. The van der Waals surface area contributed by atoms with Crippen molar-refractivity contribution >= 4 is 11.6 Å². The Morgan fingerprint density at radius 3 is 2.21 bits per heavy atom. The molecule has 0 aliphatic carbocycles. The second kappa shape index (κ2) is 5.22. The molecule has 3 heteroatoms. The van der Waals surface area contributed by atoms with Crippen LogP contribution in [-0.2, 0) is 0 Å². The summed E-state index contributed by atoms with van der Waals surface area (Å²) in [7, 11) is 0. The minimum absolute atomic E-state index is 0.0793. The van der Waals surface area contributed by atoms with Crippen molar-refractivity contribution in [3.8, 4) is 0 Å². The summed E-state index contributed by atoms with van der Waals surface area (Å²) in [4.78, 5) is 16.7. The van der Waals surface area contributed by atoms with Gasteiger partial charge >= 0.3 is 0 Å². The molecule has 1 aromatic carbocycles. The van der Waals surface area contributed by atoms with Gasteiger partial charge in [-0.25, -0.2) is 0 Å². The van der Waals surface area contributed by atoms with Crippen LogP contribution in [0.4, 0.5) is 5.69 Å². The highest BCUT2D eigenvalue weighted by atomic mass is 16.1. The summed E-state index contributed by atoms with van der Waals surface area (Å²) in [5.74, 6) is -0.0793. The van der Waals surface area contributed by atoms with Gasteiger partial charge in [0.2, 0.25) is 0 Å². The van der Waals surface area contributed by atoms with E-state index in [0.717, 1.165) is 33.8 Å². The van der Waals surface area contributed by atoms with Crippen molar-refractivity contribution in [2.24, 2.45) is 0 Å². The van der Waals surface area contributed by atoms with Crippen LogP contribution in [0.15, 0.2) is 30.3 Å². The molecule has 0 bridgehead atoms. The van der Waals surface area contributed by atoms with E-state index in [1.165, 1.54) is 0 Å². The van der Waals surface area contributed by atoms with Crippen molar-refractivity contribution in [2.75, 3.05) is 5.32 Å². The number of carbonyl (C=O) groups excluding carboxylic acids is 1. The number of benzene rings is 1. The lowest BCUT2D eigenvalue weighted by molar-refractivity contribution is 0.102. The summed E-state index contributed by atoms with van der Waals surface area (Å²) >= 11 is 0. The molecule has 0 aliphatic rings. The zero-order valence-corrected chi connectivity index (χ0v) is 11.7. The number of carbonyl (C=O) groups is 1. The van der Waals surface area contributed by atoms with Gasteiger partial charge in [-0.2, -0.15) is 0 Å². The van der Waals surface area contributed by atoms with Crippen molar-refractivity contribution in [1.82, 2.24) is 4.98 Å². The molecule has 98 valence electrons. The van der Waals surface area contributed by atoms with Crippen LogP contribution in [0.1, 0.15) is 32.9 Å². The van der Waals surface area contributed by atoms with Gasteiger partial charge in [-0.1, -0.05) is 18.2 Å². The standard InChI is InChI=1S/C16H18N2O/c1-10-6-5-7-11(2)15(10)16(19)18-14-9-8-12(3)17-13(14)4/h5-9H,1-4H3,(H,18,19). The first-order chi connectivity index (χ1) is 8.99. The number of pyridine rings is 1. The molecule has 0 radical (unpaired) electrons. The van der Waals surface area contributed by atoms with Crippen molar-refractivity contribution in [1.29, 1.82) is 0 Å². The van der Waals surface area contributed by atoms with Crippen LogP contribution in [-0.4, -0.2) is 10.9 Å². The Kier molecular flexibility index (Phi) is 3.65. The van der Waals surface area contributed by atoms with E-state index in [0.29, 0.717) is 0 Å². The van der Waals surface area contributed by atoms with Crippen LogP contribution in [0.25, 0.3) is 0 Å². The highest BCUT2D eigenvalue weighted by molar-refractivity contribution is 6.06. The van der Waals surface area contributed by atoms with E-state index in [-0.39, 0.29) is 5.91 Å². The third-order valence-electron chi connectivity index (χ3n) is 3.18. The maximum atomic E-state index is 12.4. The fourth-order valence-electron chi connectivity index (χ4n) is 2.18. The molecule has 1 N–H and O–H groups in total. The Balaban J connectivity index is 2.31. The van der Waals surface area contributed by atoms with Crippen molar-refractivity contribution in [2.45, 2.75) is 27.7 Å². The number of rotatable bonds is 2. The average Bonchev–Trinajstić information content (AvgIpc) is 2.32. The SMILES string of the molecule is Cc1ccc(NC(=O)c2c(C)cccc2C)c(C)n1. The first-order valence-corrected chi connectivity index (χ1v) is 6.31. The third-order valence-corrected chi connectivity index (χ3v) is 3.18. The second-order valence-electron chi connectivity index (χ2n) is 4.81. The molecule has 0 saturated carbocycles. The summed E-state index contributed by atoms with van der Waals surface area (Å²) in [6, 6.07) is 9.64. The lowest BCUT2D eigenvalue weighted by atomic mass is 10.0. The summed E-state index contributed by atoms with van der Waals surface area (Å²) in [6.07, 6.45) is 0. The number of hydrogen-bond donors (Lipinski definition) is 1. The van der Waals surface area contributed by atoms with Crippen LogP contribution in [0.3, 0.4) is 0 Å². The molecule has 0 unspecified atom stereocenters. The molecule has 19 heavy (non-hydrogen) atoms. The van der Waals surface area contributed by atoms with E-state index < -0.39 is 0 Å². The first-order valence-electron chi connectivity index (χ1n) is 6.31. The summed E-state index contributed by atoms with van der Waals surface area (Å²) in [5.41, 5.74) is 5.24. The summed E-state index contributed by atoms with van der Waals surface area (Å²) in [5, 5.41) is 2.93. The van der Waals surface area contributed by atoms with Gasteiger partial charge in [-0.05, 0) is 51.0 Å². The van der Waals surface area contributed by atoms with Crippen molar-refractivity contribution < 1.29 is 4.79 Å². The normalized spacial score (nSPS) is 10.3. The van der Waals surface area contributed by atoms with Gasteiger partial charge in [0.15, 0.2) is 0 Å². The minimum Gasteiger partial charge on any atom is -0.320 e. The molecule has 2 aromatic rings. The number of aromatic nitrogens is 1. The van der Waals surface area contributed by atoms with Crippen LogP contribution in [0.5, 0.6) is 0 Å². The molecular weight excluding hydrogens is 236 g/mol. The number of anilines is 1. The quantitative estimate of drug-likeness (QED) is 0.890. The van der Waals surface area contributed by atoms with Gasteiger partial charge in [0.05, 0.1) is 11.4 Å². The number of amides is 1. The number of nitrogens with one attached hydrogen (secondary N) is 1. The van der Waals surface area contributed by atoms with Crippen LogP contribution < -0.4 is 5.32 Å². The molecule has 1 heterocycles. The summed E-state index contributed by atoms with van der Waals surface area (Å²) in [6.45, 7) is 7.72. The lowest BCUT2D eigenvalue weighted by Gasteiger charge is -2.12. The number of hydrogen-bond acceptors (Lipinski definition) is 2. The Bertz CT molecular complexity index is 612. The Hall–Kier alpha value is -2.16. The van der Waals surface area contributed by atoms with Crippen LogP contribution >= 0.6 is 0 Å². The van der Waals surface area contributed by atoms with Crippen molar-refractivity contribution in [3.05, 3.63) is 58.4 Å². The van der Waals surface area contributed by atoms with Gasteiger partial charge < -0.3 is 5.32 Å². The summed E-state index contributed by atoms with van der Waals surface area (Å²) < 4.78 is 0. The molecule has 0 atom stereocenters. The van der Waals surface area contributed by atoms with E-state index in [1.807, 2.05) is 58.0 Å². The molecule has 2 rings (SSSR count). The first kappa shape index (κ1) is 13.3. The molecule has 3 nitrogen and oxygen atoms in total. The highest BCUT2D eigenvalue weighted by Crippen LogP contribution is 2.18. The largest absolute Gasteiger partial charge is 0.320 e. The maximum Gasteiger partial charge on any atom is 0.256 e. The third kappa shape index (κ3) is 2.81. The monoisotopic (exact) mass is 254 g/mol. The smallest absolute Gasteiger partial charge is 0.256 e. The molecule has 0 fully saturated rings. The van der Waals surface area contributed by atoms with Crippen LogP contribution in [0, 0.1) is 27.7 Å². The van der Waals surface area contributed by atoms with E-state index in [4.69, 9.17) is 0 Å². The van der Waals surface area contributed by atoms with Gasteiger partial charge in [-0.3, -0.25) is 9.78 Å². The number of nitrogens with zero attached hydrogens (tertiary/aromatic N) is 1. The fraction of sp³-hybridized carbons (Fsp3) is 0.250. The molecule has 0 saturated heterocycles. The Morgan fingerprint density at radius 1 is 1.00 bits per heavy atom. The average molecular weight is 254 g/mol. The van der Waals surface area contributed by atoms with Crippen LogP contribution in [0.2, 0.25) is 0 Å². The maximum absolute atomic E-state index is 12.4. The number of aryl methyl sites for hydroxylation is 4. The topological polar surface area (TPSA) is 42.0 Å². The Morgan fingerprint density at radius 2 is 1.63 bits per heavy atom. The molecule has 0 aliphatic heterocycles. The van der Waals surface area contributed by atoms with E-state index >= 15 is 0 Å². The van der Waals surface area contributed by atoms with Gasteiger partial charge in [0.25, 0.3) is 5.91 Å². The second-order valence-corrected chi connectivity index (χ2v) is 4.81. The van der Waals surface area contributed by atoms with E-state index in [2.05, 4.69) is 10.3 Å². The molecule has 1 amide bonds. The highest BCUT2D eigenvalue weighted by Gasteiger charge is 2.13. The Labute approximate surface area is 113 Å². The predicted molar refractivity (Wildman–Crippen MR) is 77.6 cm³/mol. The van der Waals surface area contributed by atoms with Gasteiger partial charge in [0, 0.05) is 11.3 Å². The van der Waals surface area contributed by atoms with E-state index in [9.17, 15) is 4.79 Å². The molecular formula is C16H18N2O. The molecule has 0 spiro atoms. The fourth-order valence-corrected chi connectivity index (χ4v) is 2.18. The van der Waals surface area contributed by atoms with Crippen molar-refractivity contribution in [3.63, 3.8) is 0 Å². The van der Waals surface area contributed by atoms with Gasteiger partial charge in [-0.15, -0.1) is 0 Å². The lowest BCUT2D eigenvalue weighted by Crippen LogP contribution is -2.16. The molecule has 1 aromatic heterocycles. The van der Waals surface area contributed by atoms with Gasteiger partial charge in [0.1, 0.15) is 0 Å². The zero-order valence-electron chi connectivity index (χ0n) is 11.7. The zero-order chi connectivity index (χ0) is 14.0. The van der Waals surface area contributed by atoms with E-state index in [1.54, 1.807) is 0 Å².